The van der Waals surface area contributed by atoms with Gasteiger partial charge in [0.25, 0.3) is 0 Å². The van der Waals surface area contributed by atoms with Gasteiger partial charge in [-0.05, 0) is 30.0 Å². The number of anilines is 1. The van der Waals surface area contributed by atoms with Crippen molar-refractivity contribution < 1.29 is 0 Å². The lowest BCUT2D eigenvalue weighted by Crippen LogP contribution is -1.83. The van der Waals surface area contributed by atoms with Gasteiger partial charge in [-0.2, -0.15) is 0 Å². The zero-order valence-corrected chi connectivity index (χ0v) is 7.80. The van der Waals surface area contributed by atoms with Crippen LogP contribution in [0.1, 0.15) is 19.0 Å². The Bertz CT molecular complexity index is 415. The molecule has 1 aromatic heterocycles. The van der Waals surface area contributed by atoms with Gasteiger partial charge < -0.3 is 10.7 Å². The fourth-order valence-electron chi connectivity index (χ4n) is 1.61. The molecule has 0 atom stereocenters. The van der Waals surface area contributed by atoms with Gasteiger partial charge in [-0.3, -0.25) is 0 Å². The molecule has 0 bridgehead atoms. The first-order chi connectivity index (χ1) is 6.29. The van der Waals surface area contributed by atoms with E-state index in [2.05, 4.69) is 24.0 Å². The Morgan fingerprint density at radius 1 is 1.31 bits per heavy atom. The number of H-pyrrole nitrogens is 1. The molecule has 2 rings (SSSR count). The Morgan fingerprint density at radius 3 is 2.92 bits per heavy atom. The number of rotatable bonds is 2. The molecule has 0 amide bonds. The van der Waals surface area contributed by atoms with E-state index in [9.17, 15) is 0 Å². The molecule has 0 spiro atoms. The summed E-state index contributed by atoms with van der Waals surface area (Å²) in [5, 5.41) is 1.25. The number of benzene rings is 1. The largest absolute Gasteiger partial charge is 0.399 e. The molecular formula is C11H14N2. The number of nitrogens with one attached hydrogen (secondary N) is 1. The van der Waals surface area contributed by atoms with Crippen molar-refractivity contribution in [2.45, 2.75) is 19.8 Å². The van der Waals surface area contributed by atoms with Gasteiger partial charge >= 0.3 is 0 Å². The SMILES string of the molecule is CCCc1cc2ccc(N)cc2[nH]1. The van der Waals surface area contributed by atoms with E-state index in [1.54, 1.807) is 0 Å². The van der Waals surface area contributed by atoms with Crippen molar-refractivity contribution in [2.75, 3.05) is 5.73 Å². The molecule has 68 valence electrons. The van der Waals surface area contributed by atoms with Crippen LogP contribution in [0.2, 0.25) is 0 Å². The summed E-state index contributed by atoms with van der Waals surface area (Å²) in [7, 11) is 0. The molecular weight excluding hydrogens is 160 g/mol. The first kappa shape index (κ1) is 8.17. The first-order valence-electron chi connectivity index (χ1n) is 4.66. The number of aromatic amines is 1. The highest BCUT2D eigenvalue weighted by Crippen LogP contribution is 2.18. The summed E-state index contributed by atoms with van der Waals surface area (Å²) in [5.74, 6) is 0. The predicted octanol–water partition coefficient (Wildman–Crippen LogP) is 2.70. The van der Waals surface area contributed by atoms with E-state index in [1.165, 1.54) is 17.5 Å². The normalized spacial score (nSPS) is 10.8. The summed E-state index contributed by atoms with van der Waals surface area (Å²) >= 11 is 0. The molecule has 0 unspecified atom stereocenters. The number of hydrogen-bond donors (Lipinski definition) is 2. The van der Waals surface area contributed by atoms with Gasteiger partial charge in [0, 0.05) is 16.9 Å². The maximum atomic E-state index is 5.69. The average molecular weight is 174 g/mol. The van der Waals surface area contributed by atoms with Crippen LogP contribution in [0, 0.1) is 0 Å². The maximum absolute atomic E-state index is 5.69. The van der Waals surface area contributed by atoms with Crippen LogP contribution >= 0.6 is 0 Å². The summed E-state index contributed by atoms with van der Waals surface area (Å²) in [6.45, 7) is 2.18. The van der Waals surface area contributed by atoms with E-state index in [0.29, 0.717) is 0 Å². The van der Waals surface area contributed by atoms with E-state index < -0.39 is 0 Å². The molecule has 3 N–H and O–H groups in total. The van der Waals surface area contributed by atoms with Crippen LogP contribution in [-0.4, -0.2) is 4.98 Å². The van der Waals surface area contributed by atoms with E-state index in [4.69, 9.17) is 5.73 Å². The third-order valence-electron chi connectivity index (χ3n) is 2.22. The maximum Gasteiger partial charge on any atom is 0.0476 e. The Kier molecular flexibility index (Phi) is 1.97. The van der Waals surface area contributed by atoms with Crippen LogP contribution in [0.25, 0.3) is 10.9 Å². The van der Waals surface area contributed by atoms with Gasteiger partial charge in [0.2, 0.25) is 0 Å². The second-order valence-corrected chi connectivity index (χ2v) is 3.39. The minimum Gasteiger partial charge on any atom is -0.399 e. The second kappa shape index (κ2) is 3.13. The van der Waals surface area contributed by atoms with Crippen molar-refractivity contribution in [1.29, 1.82) is 0 Å². The van der Waals surface area contributed by atoms with Gasteiger partial charge in [-0.1, -0.05) is 19.4 Å². The minimum absolute atomic E-state index is 0.817. The molecule has 2 nitrogen and oxygen atoms in total. The molecule has 0 aliphatic heterocycles. The van der Waals surface area contributed by atoms with E-state index in [1.807, 2.05) is 12.1 Å². The third kappa shape index (κ3) is 1.52. The Hall–Kier alpha value is -1.44. The van der Waals surface area contributed by atoms with Crippen molar-refractivity contribution >= 4 is 16.6 Å². The number of fused-ring (bicyclic) bond motifs is 1. The van der Waals surface area contributed by atoms with Crippen molar-refractivity contribution in [3.8, 4) is 0 Å². The van der Waals surface area contributed by atoms with Crippen LogP contribution in [0.5, 0.6) is 0 Å². The molecule has 0 radical (unpaired) electrons. The fraction of sp³-hybridized carbons (Fsp3) is 0.273. The molecule has 1 heterocycles. The van der Waals surface area contributed by atoms with Crippen LogP contribution in [0.15, 0.2) is 24.3 Å². The van der Waals surface area contributed by atoms with Gasteiger partial charge in [0.05, 0.1) is 0 Å². The molecule has 0 saturated carbocycles. The van der Waals surface area contributed by atoms with Crippen molar-refractivity contribution in [3.63, 3.8) is 0 Å². The number of nitrogens with two attached hydrogens (primary N) is 1. The highest BCUT2D eigenvalue weighted by atomic mass is 14.7. The number of aromatic nitrogens is 1. The van der Waals surface area contributed by atoms with E-state index in [0.717, 1.165) is 17.6 Å². The monoisotopic (exact) mass is 174 g/mol. The lowest BCUT2D eigenvalue weighted by atomic mass is 10.2. The van der Waals surface area contributed by atoms with Crippen LogP contribution in [0.4, 0.5) is 5.69 Å². The summed E-state index contributed by atoms with van der Waals surface area (Å²) in [5.41, 5.74) is 8.94. The standard InChI is InChI=1S/C11H14N2/c1-2-3-10-6-8-4-5-9(12)7-11(8)13-10/h4-7,13H,2-3,12H2,1H3. The zero-order valence-electron chi connectivity index (χ0n) is 7.80. The van der Waals surface area contributed by atoms with E-state index in [-0.39, 0.29) is 0 Å². The lowest BCUT2D eigenvalue weighted by Gasteiger charge is -1.91. The smallest absolute Gasteiger partial charge is 0.0476 e. The average Bonchev–Trinajstić information content (AvgIpc) is 2.46. The van der Waals surface area contributed by atoms with Gasteiger partial charge in [-0.15, -0.1) is 0 Å². The quantitative estimate of drug-likeness (QED) is 0.675. The van der Waals surface area contributed by atoms with Gasteiger partial charge in [0.15, 0.2) is 0 Å². The summed E-state index contributed by atoms with van der Waals surface area (Å²) in [4.78, 5) is 3.36. The van der Waals surface area contributed by atoms with Gasteiger partial charge in [0.1, 0.15) is 0 Å². The zero-order chi connectivity index (χ0) is 9.26. The molecule has 0 saturated heterocycles. The van der Waals surface area contributed by atoms with Crippen molar-refractivity contribution in [1.82, 2.24) is 4.98 Å². The molecule has 2 aromatic rings. The van der Waals surface area contributed by atoms with Crippen LogP contribution < -0.4 is 5.73 Å². The Balaban J connectivity index is 2.49. The number of hydrogen-bond acceptors (Lipinski definition) is 1. The molecule has 13 heavy (non-hydrogen) atoms. The van der Waals surface area contributed by atoms with E-state index >= 15 is 0 Å². The van der Waals surface area contributed by atoms with Crippen molar-refractivity contribution in [3.05, 3.63) is 30.0 Å². The Labute approximate surface area is 77.8 Å². The van der Waals surface area contributed by atoms with Gasteiger partial charge in [-0.25, -0.2) is 0 Å². The highest BCUT2D eigenvalue weighted by Gasteiger charge is 1.99. The number of nitrogen functional groups attached to an aromatic ring is 1. The molecule has 0 aliphatic rings. The fourth-order valence-corrected chi connectivity index (χ4v) is 1.61. The Morgan fingerprint density at radius 2 is 2.15 bits per heavy atom. The molecule has 0 fully saturated rings. The molecule has 1 aromatic carbocycles. The minimum atomic E-state index is 0.817. The predicted molar refractivity (Wildman–Crippen MR) is 56.7 cm³/mol. The highest BCUT2D eigenvalue weighted by molar-refractivity contribution is 5.83. The lowest BCUT2D eigenvalue weighted by molar-refractivity contribution is 0.896. The van der Waals surface area contributed by atoms with Crippen LogP contribution in [-0.2, 0) is 6.42 Å². The summed E-state index contributed by atoms with van der Waals surface area (Å²) in [6, 6.07) is 8.17. The first-order valence-corrected chi connectivity index (χ1v) is 4.66. The number of aryl methyl sites for hydroxylation is 1. The summed E-state index contributed by atoms with van der Waals surface area (Å²) < 4.78 is 0. The molecule has 2 heteroatoms. The summed E-state index contributed by atoms with van der Waals surface area (Å²) in [6.07, 6.45) is 2.27. The van der Waals surface area contributed by atoms with Crippen molar-refractivity contribution in [2.24, 2.45) is 0 Å². The second-order valence-electron chi connectivity index (χ2n) is 3.39. The molecule has 0 aliphatic carbocycles. The topological polar surface area (TPSA) is 41.8 Å². The van der Waals surface area contributed by atoms with Crippen LogP contribution in [0.3, 0.4) is 0 Å². The third-order valence-corrected chi connectivity index (χ3v) is 2.22.